The summed E-state index contributed by atoms with van der Waals surface area (Å²) in [6.45, 7) is 9.69. The molecule has 0 amide bonds. The summed E-state index contributed by atoms with van der Waals surface area (Å²) in [5.74, 6) is -0.433. The number of esters is 1. The molecule has 1 unspecified atom stereocenters. The van der Waals surface area contributed by atoms with Crippen LogP contribution >= 0.6 is 0 Å². The molecule has 1 rings (SSSR count). The highest BCUT2D eigenvalue weighted by Gasteiger charge is 2.41. The number of hydrogen-bond acceptors (Lipinski definition) is 4. The first-order valence-electron chi connectivity index (χ1n) is 7.09. The fourth-order valence-electron chi connectivity index (χ4n) is 2.29. The lowest BCUT2D eigenvalue weighted by molar-refractivity contribution is -0.156. The Balaban J connectivity index is 3.23. The Morgan fingerprint density at radius 3 is 2.19 bits per heavy atom. The zero-order valence-electron chi connectivity index (χ0n) is 13.4. The van der Waals surface area contributed by atoms with Crippen LogP contribution in [0.5, 0.6) is 0 Å². The van der Waals surface area contributed by atoms with Crippen LogP contribution < -0.4 is 5.73 Å². The molecule has 0 aliphatic rings. The van der Waals surface area contributed by atoms with E-state index in [1.807, 2.05) is 20.8 Å². The second-order valence-electron chi connectivity index (χ2n) is 6.85. The van der Waals surface area contributed by atoms with Crippen LogP contribution in [-0.2, 0) is 15.1 Å². The summed E-state index contributed by atoms with van der Waals surface area (Å²) >= 11 is 0. The summed E-state index contributed by atoms with van der Waals surface area (Å²) in [7, 11) is 0. The molecule has 0 saturated carbocycles. The first-order chi connectivity index (χ1) is 9.58. The summed E-state index contributed by atoms with van der Waals surface area (Å²) < 4.78 is 5.34. The van der Waals surface area contributed by atoms with Crippen molar-refractivity contribution in [3.63, 3.8) is 0 Å². The molecule has 2 N–H and O–H groups in total. The predicted octanol–water partition coefficient (Wildman–Crippen LogP) is 3.10. The predicted molar refractivity (Wildman–Crippen MR) is 82.3 cm³/mol. The quantitative estimate of drug-likeness (QED) is 0.864. The highest BCUT2D eigenvalue weighted by molar-refractivity contribution is 5.82. The molecular formula is C17H24N2O2. The van der Waals surface area contributed by atoms with Gasteiger partial charge in [0.05, 0.1) is 17.7 Å². The third-order valence-electron chi connectivity index (χ3n) is 3.05. The first-order valence-corrected chi connectivity index (χ1v) is 7.09. The van der Waals surface area contributed by atoms with Gasteiger partial charge < -0.3 is 10.5 Å². The molecule has 0 bridgehead atoms. The normalized spacial score (nSPS) is 14.4. The van der Waals surface area contributed by atoms with Crippen LogP contribution in [0.3, 0.4) is 0 Å². The van der Waals surface area contributed by atoms with Gasteiger partial charge in [0.25, 0.3) is 0 Å². The van der Waals surface area contributed by atoms with Crippen LogP contribution in [0.1, 0.15) is 52.2 Å². The number of nitrogens with two attached hydrogens (primary N) is 1. The maximum absolute atomic E-state index is 12.5. The van der Waals surface area contributed by atoms with E-state index < -0.39 is 11.5 Å². The third-order valence-corrected chi connectivity index (χ3v) is 3.05. The highest BCUT2D eigenvalue weighted by atomic mass is 16.5. The minimum atomic E-state index is -1.21. The van der Waals surface area contributed by atoms with Gasteiger partial charge in [-0.3, -0.25) is 0 Å². The third kappa shape index (κ3) is 4.57. The van der Waals surface area contributed by atoms with Gasteiger partial charge in [-0.2, -0.15) is 5.26 Å². The van der Waals surface area contributed by atoms with Crippen LogP contribution in [0, 0.1) is 16.7 Å². The van der Waals surface area contributed by atoms with Gasteiger partial charge in [0.1, 0.15) is 5.54 Å². The fraction of sp³-hybridized carbons (Fsp3) is 0.529. The number of carbonyl (C=O) groups is 1. The van der Waals surface area contributed by atoms with E-state index >= 15 is 0 Å². The van der Waals surface area contributed by atoms with E-state index in [0.717, 1.165) is 0 Å². The van der Waals surface area contributed by atoms with E-state index in [0.29, 0.717) is 17.5 Å². The van der Waals surface area contributed by atoms with Crippen molar-refractivity contribution in [2.45, 2.75) is 52.7 Å². The molecule has 1 aromatic carbocycles. The van der Waals surface area contributed by atoms with E-state index in [9.17, 15) is 4.79 Å². The summed E-state index contributed by atoms with van der Waals surface area (Å²) in [5, 5.41) is 8.87. The number of nitrogens with zero attached hydrogens (tertiary/aromatic N) is 1. The number of carbonyl (C=O) groups excluding carboxylic acids is 1. The molecule has 114 valence electrons. The zero-order chi connectivity index (χ0) is 16.3. The van der Waals surface area contributed by atoms with Crippen molar-refractivity contribution in [2.75, 3.05) is 0 Å². The van der Waals surface area contributed by atoms with Crippen molar-refractivity contribution >= 4 is 5.97 Å². The first kappa shape index (κ1) is 17.2. The van der Waals surface area contributed by atoms with Crippen LogP contribution in [0.2, 0.25) is 0 Å². The molecule has 0 fully saturated rings. The molecule has 0 spiro atoms. The largest absolute Gasteiger partial charge is 0.461 e. The molecule has 4 nitrogen and oxygen atoms in total. The van der Waals surface area contributed by atoms with E-state index in [1.165, 1.54) is 0 Å². The Bertz CT molecular complexity index is 535. The van der Waals surface area contributed by atoms with Crippen LogP contribution in [0.15, 0.2) is 24.3 Å². The van der Waals surface area contributed by atoms with Crippen LogP contribution in [0.25, 0.3) is 0 Å². The lowest BCUT2D eigenvalue weighted by Gasteiger charge is -2.34. The van der Waals surface area contributed by atoms with Crippen molar-refractivity contribution in [3.05, 3.63) is 35.4 Å². The fourth-order valence-corrected chi connectivity index (χ4v) is 2.29. The van der Waals surface area contributed by atoms with Gasteiger partial charge in [0, 0.05) is 0 Å². The molecular weight excluding hydrogens is 264 g/mol. The molecule has 0 radical (unpaired) electrons. The zero-order valence-corrected chi connectivity index (χ0v) is 13.4. The Morgan fingerprint density at radius 2 is 1.81 bits per heavy atom. The van der Waals surface area contributed by atoms with Crippen molar-refractivity contribution in [1.29, 1.82) is 5.26 Å². The smallest absolute Gasteiger partial charge is 0.331 e. The van der Waals surface area contributed by atoms with E-state index in [2.05, 4.69) is 6.07 Å². The molecule has 0 aliphatic carbocycles. The van der Waals surface area contributed by atoms with Crippen molar-refractivity contribution < 1.29 is 9.53 Å². The number of rotatable bonds is 4. The maximum Gasteiger partial charge on any atom is 0.331 e. The van der Waals surface area contributed by atoms with Gasteiger partial charge in [-0.1, -0.05) is 32.9 Å². The maximum atomic E-state index is 12.5. The second-order valence-corrected chi connectivity index (χ2v) is 6.85. The minimum Gasteiger partial charge on any atom is -0.461 e. The standard InChI is InChI=1S/C17H24N2O2/c1-12(2)21-15(20)17(19,11-16(3,4)5)14-8-6-13(10-18)7-9-14/h6-9,12H,11,19H2,1-5H3. The SMILES string of the molecule is CC(C)OC(=O)C(N)(CC(C)(C)C)c1ccc(C#N)cc1. The lowest BCUT2D eigenvalue weighted by Crippen LogP contribution is -2.49. The summed E-state index contributed by atoms with van der Waals surface area (Å²) in [4.78, 5) is 12.5. The second kappa shape index (κ2) is 6.28. The van der Waals surface area contributed by atoms with Gasteiger partial charge in [-0.25, -0.2) is 4.79 Å². The molecule has 1 atom stereocenters. The molecule has 0 heterocycles. The van der Waals surface area contributed by atoms with E-state index in [4.69, 9.17) is 15.7 Å². The van der Waals surface area contributed by atoms with E-state index in [1.54, 1.807) is 38.1 Å². The van der Waals surface area contributed by atoms with Gasteiger partial charge >= 0.3 is 5.97 Å². The summed E-state index contributed by atoms with van der Waals surface area (Å²) in [6, 6.07) is 8.85. The van der Waals surface area contributed by atoms with E-state index in [-0.39, 0.29) is 11.5 Å². The molecule has 0 saturated heterocycles. The van der Waals surface area contributed by atoms with Crippen LogP contribution in [0.4, 0.5) is 0 Å². The molecule has 0 aliphatic heterocycles. The Morgan fingerprint density at radius 1 is 1.29 bits per heavy atom. The molecule has 1 aromatic rings. The average Bonchev–Trinajstić information content (AvgIpc) is 2.36. The molecule has 21 heavy (non-hydrogen) atoms. The number of benzene rings is 1. The Kier molecular flexibility index (Phi) is 5.14. The molecule has 4 heteroatoms. The monoisotopic (exact) mass is 288 g/mol. The van der Waals surface area contributed by atoms with Gasteiger partial charge in [-0.05, 0) is 43.4 Å². The highest BCUT2D eigenvalue weighted by Crippen LogP contribution is 2.34. The molecule has 0 aromatic heterocycles. The topological polar surface area (TPSA) is 76.1 Å². The summed E-state index contributed by atoms with van der Waals surface area (Å²) in [5.41, 5.74) is 6.28. The van der Waals surface area contributed by atoms with Gasteiger partial charge in [-0.15, -0.1) is 0 Å². The Hall–Kier alpha value is -1.86. The van der Waals surface area contributed by atoms with Crippen LogP contribution in [-0.4, -0.2) is 12.1 Å². The van der Waals surface area contributed by atoms with Gasteiger partial charge in [0.2, 0.25) is 0 Å². The summed E-state index contributed by atoms with van der Waals surface area (Å²) in [6.07, 6.45) is 0.232. The van der Waals surface area contributed by atoms with Crippen molar-refractivity contribution in [2.24, 2.45) is 11.1 Å². The minimum absolute atomic E-state index is 0.140. The van der Waals surface area contributed by atoms with Crippen molar-refractivity contribution in [3.8, 4) is 6.07 Å². The number of ether oxygens (including phenoxy) is 1. The van der Waals surface area contributed by atoms with Crippen molar-refractivity contribution in [1.82, 2.24) is 0 Å². The Labute approximate surface area is 126 Å². The number of nitriles is 1. The number of hydrogen-bond donors (Lipinski definition) is 1. The average molecular weight is 288 g/mol. The van der Waals surface area contributed by atoms with Gasteiger partial charge in [0.15, 0.2) is 0 Å². The lowest BCUT2D eigenvalue weighted by atomic mass is 9.76.